The molecule has 6 heteroatoms. The maximum absolute atomic E-state index is 12.6. The van der Waals surface area contributed by atoms with Crippen LogP contribution < -0.4 is 14.8 Å². The highest BCUT2D eigenvalue weighted by Crippen LogP contribution is 2.33. The highest BCUT2D eigenvalue weighted by atomic mass is 16.5. The van der Waals surface area contributed by atoms with Crippen LogP contribution in [0.1, 0.15) is 16.7 Å². The number of nitrogens with one attached hydrogen (secondary N) is 1. The summed E-state index contributed by atoms with van der Waals surface area (Å²) in [7, 11) is 3.14. The Kier molecular flexibility index (Phi) is 4.93. The van der Waals surface area contributed by atoms with E-state index in [0.717, 1.165) is 11.1 Å². The van der Waals surface area contributed by atoms with Gasteiger partial charge in [0.25, 0.3) is 5.91 Å². The maximum Gasteiger partial charge on any atom is 0.329 e. The number of imide groups is 1. The normalized spacial score (nSPS) is 15.3. The van der Waals surface area contributed by atoms with Crippen molar-refractivity contribution in [3.8, 4) is 11.5 Å². The fourth-order valence-corrected chi connectivity index (χ4v) is 2.94. The molecule has 1 heterocycles. The van der Waals surface area contributed by atoms with Crippen LogP contribution in [-0.2, 0) is 11.3 Å². The molecule has 6 nitrogen and oxygen atoms in total. The van der Waals surface area contributed by atoms with Crippen molar-refractivity contribution < 1.29 is 19.1 Å². The van der Waals surface area contributed by atoms with Crippen LogP contribution >= 0.6 is 0 Å². The van der Waals surface area contributed by atoms with E-state index < -0.39 is 6.03 Å². The molecule has 0 spiro atoms. The molecule has 0 aliphatic carbocycles. The van der Waals surface area contributed by atoms with Crippen molar-refractivity contribution in [3.05, 3.63) is 64.9 Å². The number of hydrogen-bond donors (Lipinski definition) is 1. The first-order valence-corrected chi connectivity index (χ1v) is 8.15. The lowest BCUT2D eigenvalue weighted by Crippen LogP contribution is -2.30. The van der Waals surface area contributed by atoms with E-state index in [1.54, 1.807) is 32.4 Å². The van der Waals surface area contributed by atoms with Crippen molar-refractivity contribution in [2.45, 2.75) is 13.5 Å². The molecule has 0 aromatic heterocycles. The molecule has 3 amide bonds. The van der Waals surface area contributed by atoms with Crippen molar-refractivity contribution in [1.82, 2.24) is 10.2 Å². The number of rotatable bonds is 5. The molecule has 1 saturated heterocycles. The molecule has 2 aromatic carbocycles. The summed E-state index contributed by atoms with van der Waals surface area (Å²) < 4.78 is 10.7. The molecule has 1 aliphatic rings. The summed E-state index contributed by atoms with van der Waals surface area (Å²) >= 11 is 0. The monoisotopic (exact) mass is 352 g/mol. The first-order chi connectivity index (χ1) is 12.5. The minimum atomic E-state index is -0.436. The summed E-state index contributed by atoms with van der Waals surface area (Å²) in [6.07, 6.45) is 1.62. The van der Waals surface area contributed by atoms with Crippen LogP contribution in [0.25, 0.3) is 6.08 Å². The topological polar surface area (TPSA) is 67.9 Å². The summed E-state index contributed by atoms with van der Waals surface area (Å²) in [4.78, 5) is 26.0. The van der Waals surface area contributed by atoms with Gasteiger partial charge in [-0.05, 0) is 30.7 Å². The molecule has 1 fully saturated rings. The summed E-state index contributed by atoms with van der Waals surface area (Å²) in [5, 5.41) is 2.63. The third-order valence-corrected chi connectivity index (χ3v) is 4.26. The van der Waals surface area contributed by atoms with Gasteiger partial charge in [0.05, 0.1) is 20.8 Å². The third kappa shape index (κ3) is 3.26. The minimum Gasteiger partial charge on any atom is -0.496 e. The Balaban J connectivity index is 1.90. The molecule has 0 radical (unpaired) electrons. The van der Waals surface area contributed by atoms with Crippen LogP contribution in [0.5, 0.6) is 11.5 Å². The Hall–Kier alpha value is -3.28. The summed E-state index contributed by atoms with van der Waals surface area (Å²) in [6, 6.07) is 12.5. The highest BCUT2D eigenvalue weighted by molar-refractivity contribution is 6.14. The third-order valence-electron chi connectivity index (χ3n) is 4.26. The van der Waals surface area contributed by atoms with Crippen molar-refractivity contribution >= 4 is 18.0 Å². The van der Waals surface area contributed by atoms with Crippen molar-refractivity contribution in [1.29, 1.82) is 0 Å². The first kappa shape index (κ1) is 17.5. The minimum absolute atomic E-state index is 0.216. The van der Waals surface area contributed by atoms with E-state index in [2.05, 4.69) is 5.32 Å². The Morgan fingerprint density at radius 1 is 1.04 bits per heavy atom. The lowest BCUT2D eigenvalue weighted by Gasteiger charge is -2.13. The molecule has 1 aliphatic heterocycles. The summed E-state index contributed by atoms with van der Waals surface area (Å²) in [6.45, 7) is 2.10. The number of urea groups is 1. The summed E-state index contributed by atoms with van der Waals surface area (Å²) in [5.74, 6) is 0.922. The summed E-state index contributed by atoms with van der Waals surface area (Å²) in [5.41, 5.74) is 2.61. The first-order valence-electron chi connectivity index (χ1n) is 8.15. The quantitative estimate of drug-likeness (QED) is 0.663. The average Bonchev–Trinajstić information content (AvgIpc) is 2.90. The number of hydrogen-bond acceptors (Lipinski definition) is 4. The fraction of sp³-hybridized carbons (Fsp3) is 0.200. The van der Waals surface area contributed by atoms with Crippen LogP contribution in [0.15, 0.2) is 48.2 Å². The lowest BCUT2D eigenvalue weighted by atomic mass is 10.1. The van der Waals surface area contributed by atoms with Gasteiger partial charge in [-0.1, -0.05) is 30.3 Å². The zero-order valence-corrected chi connectivity index (χ0v) is 14.9. The van der Waals surface area contributed by atoms with Gasteiger partial charge in [0, 0.05) is 11.1 Å². The molecule has 0 saturated carbocycles. The van der Waals surface area contributed by atoms with Gasteiger partial charge in [-0.15, -0.1) is 0 Å². The second-order valence-corrected chi connectivity index (χ2v) is 5.88. The maximum atomic E-state index is 12.6. The van der Waals surface area contributed by atoms with Crippen LogP contribution in [0, 0.1) is 6.92 Å². The standard InChI is InChI=1S/C20H20N2O4/c1-13-17(25-2)10-9-15(18(13)26-3)11-16-19(23)22(20(24)21-16)12-14-7-5-4-6-8-14/h4-11H,12H2,1-3H3,(H,21,24)/b16-11+. The molecule has 3 rings (SSSR count). The van der Waals surface area contributed by atoms with Crippen LogP contribution in [0.3, 0.4) is 0 Å². The van der Waals surface area contributed by atoms with Crippen molar-refractivity contribution in [2.24, 2.45) is 0 Å². The van der Waals surface area contributed by atoms with Gasteiger partial charge in [-0.2, -0.15) is 0 Å². The zero-order chi connectivity index (χ0) is 18.7. The molecule has 2 aromatic rings. The number of carbonyl (C=O) groups is 2. The fourth-order valence-electron chi connectivity index (χ4n) is 2.94. The molecular formula is C20H20N2O4. The lowest BCUT2D eigenvalue weighted by molar-refractivity contribution is -0.123. The van der Waals surface area contributed by atoms with Gasteiger partial charge in [0.1, 0.15) is 17.2 Å². The van der Waals surface area contributed by atoms with Gasteiger partial charge in [0.2, 0.25) is 0 Å². The van der Waals surface area contributed by atoms with Gasteiger partial charge in [-0.3, -0.25) is 9.69 Å². The van der Waals surface area contributed by atoms with Gasteiger partial charge in [-0.25, -0.2) is 4.79 Å². The SMILES string of the molecule is COc1ccc(/C=C2/NC(=O)N(Cc3ccccc3)C2=O)c(OC)c1C. The molecular weight excluding hydrogens is 332 g/mol. The Morgan fingerprint density at radius 3 is 2.42 bits per heavy atom. The smallest absolute Gasteiger partial charge is 0.329 e. The van der Waals surface area contributed by atoms with Crippen LogP contribution in [-0.4, -0.2) is 31.1 Å². The van der Waals surface area contributed by atoms with E-state index in [1.165, 1.54) is 4.90 Å². The van der Waals surface area contributed by atoms with Crippen LogP contribution in [0.2, 0.25) is 0 Å². The van der Waals surface area contributed by atoms with E-state index in [4.69, 9.17) is 9.47 Å². The van der Waals surface area contributed by atoms with E-state index >= 15 is 0 Å². The van der Waals surface area contributed by atoms with Crippen molar-refractivity contribution in [2.75, 3.05) is 14.2 Å². The largest absolute Gasteiger partial charge is 0.496 e. The number of benzene rings is 2. The van der Waals surface area contributed by atoms with E-state index in [9.17, 15) is 9.59 Å². The molecule has 134 valence electrons. The predicted octanol–water partition coefficient (Wildman–Crippen LogP) is 3.11. The van der Waals surface area contributed by atoms with Gasteiger partial charge >= 0.3 is 6.03 Å². The zero-order valence-electron chi connectivity index (χ0n) is 14.9. The molecule has 26 heavy (non-hydrogen) atoms. The number of amides is 3. The Bertz CT molecular complexity index is 875. The second-order valence-electron chi connectivity index (χ2n) is 5.88. The number of ether oxygens (including phenoxy) is 2. The molecule has 0 bridgehead atoms. The predicted molar refractivity (Wildman–Crippen MR) is 97.8 cm³/mol. The Labute approximate surface area is 152 Å². The van der Waals surface area contributed by atoms with E-state index in [0.29, 0.717) is 17.1 Å². The highest BCUT2D eigenvalue weighted by Gasteiger charge is 2.33. The average molecular weight is 352 g/mol. The molecule has 0 atom stereocenters. The molecule has 1 N–H and O–H groups in total. The van der Waals surface area contributed by atoms with Crippen molar-refractivity contribution in [3.63, 3.8) is 0 Å². The van der Waals surface area contributed by atoms with Crippen LogP contribution in [0.4, 0.5) is 4.79 Å². The van der Waals surface area contributed by atoms with Gasteiger partial charge < -0.3 is 14.8 Å². The second kappa shape index (κ2) is 7.31. The Morgan fingerprint density at radius 2 is 1.77 bits per heavy atom. The van der Waals surface area contributed by atoms with E-state index in [1.807, 2.05) is 37.3 Å². The van der Waals surface area contributed by atoms with E-state index in [-0.39, 0.29) is 18.1 Å². The number of nitrogens with zero attached hydrogens (tertiary/aromatic N) is 1. The molecule has 0 unspecified atom stereocenters. The number of carbonyl (C=O) groups excluding carboxylic acids is 2. The number of methoxy groups -OCH3 is 2. The van der Waals surface area contributed by atoms with Gasteiger partial charge in [0.15, 0.2) is 0 Å².